The molecular weight excluding hydrogens is 374 g/mol. The SMILES string of the molecule is O=C1OCC2=C1[C@@H](c1ccccc1Br)c1cc3c(cc1N2)OCO3. The van der Waals surface area contributed by atoms with Gasteiger partial charge < -0.3 is 19.5 Å². The van der Waals surface area contributed by atoms with Gasteiger partial charge in [-0.15, -0.1) is 0 Å². The summed E-state index contributed by atoms with van der Waals surface area (Å²) in [6, 6.07) is 11.8. The van der Waals surface area contributed by atoms with Crippen molar-refractivity contribution in [3.63, 3.8) is 0 Å². The summed E-state index contributed by atoms with van der Waals surface area (Å²) < 4.78 is 17.2. The maximum absolute atomic E-state index is 12.4. The third kappa shape index (κ3) is 1.89. The predicted molar refractivity (Wildman–Crippen MR) is 90.2 cm³/mol. The summed E-state index contributed by atoms with van der Waals surface area (Å²) in [5.41, 5.74) is 4.38. The fourth-order valence-corrected chi connectivity index (χ4v) is 3.98. The van der Waals surface area contributed by atoms with E-state index in [1.165, 1.54) is 0 Å². The van der Waals surface area contributed by atoms with Crippen molar-refractivity contribution in [2.45, 2.75) is 5.92 Å². The first kappa shape index (κ1) is 13.9. The minimum Gasteiger partial charge on any atom is -0.456 e. The number of nitrogens with one attached hydrogen (secondary N) is 1. The Morgan fingerprint density at radius 2 is 1.83 bits per heavy atom. The molecule has 0 bridgehead atoms. The molecule has 0 radical (unpaired) electrons. The lowest BCUT2D eigenvalue weighted by Gasteiger charge is -2.28. The number of carbonyl (C=O) groups excluding carboxylic acids is 1. The van der Waals surface area contributed by atoms with Crippen LogP contribution in [0.2, 0.25) is 0 Å². The van der Waals surface area contributed by atoms with Gasteiger partial charge in [0.2, 0.25) is 6.79 Å². The molecule has 0 amide bonds. The van der Waals surface area contributed by atoms with Gasteiger partial charge in [0.1, 0.15) is 6.61 Å². The molecule has 24 heavy (non-hydrogen) atoms. The number of rotatable bonds is 1. The smallest absolute Gasteiger partial charge is 0.337 e. The normalized spacial score (nSPS) is 20.4. The molecule has 2 aromatic rings. The fraction of sp³-hybridized carbons (Fsp3) is 0.167. The van der Waals surface area contributed by atoms with E-state index in [-0.39, 0.29) is 25.3 Å². The third-order valence-corrected chi connectivity index (χ3v) is 5.26. The average Bonchev–Trinajstić information content (AvgIpc) is 3.18. The topological polar surface area (TPSA) is 56.8 Å². The molecule has 120 valence electrons. The molecule has 5 nitrogen and oxygen atoms in total. The number of esters is 1. The van der Waals surface area contributed by atoms with Gasteiger partial charge in [0.05, 0.1) is 11.3 Å². The van der Waals surface area contributed by atoms with Crippen LogP contribution in [0.15, 0.2) is 52.1 Å². The summed E-state index contributed by atoms with van der Waals surface area (Å²) >= 11 is 3.61. The Bertz CT molecular complexity index is 921. The molecule has 0 spiro atoms. The number of fused-ring (bicyclic) bond motifs is 2. The zero-order chi connectivity index (χ0) is 16.3. The van der Waals surface area contributed by atoms with Crippen molar-refractivity contribution in [3.05, 3.63) is 63.3 Å². The summed E-state index contributed by atoms with van der Waals surface area (Å²) in [7, 11) is 0. The Labute approximate surface area is 146 Å². The highest BCUT2D eigenvalue weighted by atomic mass is 79.9. The third-order valence-electron chi connectivity index (χ3n) is 4.54. The van der Waals surface area contributed by atoms with Crippen LogP contribution in [0.4, 0.5) is 5.69 Å². The number of anilines is 1. The number of halogens is 1. The van der Waals surface area contributed by atoms with Crippen molar-refractivity contribution < 1.29 is 19.0 Å². The molecule has 3 aliphatic rings. The summed E-state index contributed by atoms with van der Waals surface area (Å²) in [5.74, 6) is 0.919. The van der Waals surface area contributed by atoms with Crippen LogP contribution in [0.5, 0.6) is 11.5 Å². The number of hydrogen-bond donors (Lipinski definition) is 1. The molecule has 0 unspecified atom stereocenters. The molecule has 3 aliphatic heterocycles. The van der Waals surface area contributed by atoms with E-state index in [4.69, 9.17) is 14.2 Å². The Hall–Kier alpha value is -2.47. The lowest BCUT2D eigenvalue weighted by atomic mass is 9.81. The first-order valence-electron chi connectivity index (χ1n) is 7.57. The van der Waals surface area contributed by atoms with Gasteiger partial charge in [-0.1, -0.05) is 34.1 Å². The van der Waals surface area contributed by atoms with E-state index >= 15 is 0 Å². The van der Waals surface area contributed by atoms with Gasteiger partial charge in [-0.05, 0) is 23.3 Å². The van der Waals surface area contributed by atoms with Gasteiger partial charge in [-0.25, -0.2) is 4.79 Å². The minimum absolute atomic E-state index is 0.212. The maximum Gasteiger partial charge on any atom is 0.337 e. The van der Waals surface area contributed by atoms with Gasteiger partial charge >= 0.3 is 5.97 Å². The molecular formula is C18H12BrNO4. The van der Waals surface area contributed by atoms with Crippen molar-refractivity contribution in [2.24, 2.45) is 0 Å². The average molecular weight is 386 g/mol. The summed E-state index contributed by atoms with van der Waals surface area (Å²) in [6.07, 6.45) is 0. The van der Waals surface area contributed by atoms with Crippen molar-refractivity contribution >= 4 is 27.6 Å². The number of ether oxygens (including phenoxy) is 3. The Balaban J connectivity index is 1.77. The van der Waals surface area contributed by atoms with Crippen LogP contribution in [-0.4, -0.2) is 19.4 Å². The lowest BCUT2D eigenvalue weighted by molar-refractivity contribution is -0.136. The first-order chi connectivity index (χ1) is 11.7. The molecule has 0 fully saturated rings. The van der Waals surface area contributed by atoms with E-state index in [0.717, 1.165) is 27.0 Å². The van der Waals surface area contributed by atoms with Crippen LogP contribution in [-0.2, 0) is 9.53 Å². The van der Waals surface area contributed by atoms with Gasteiger partial charge in [0, 0.05) is 22.1 Å². The van der Waals surface area contributed by atoms with Crippen LogP contribution in [0.25, 0.3) is 0 Å². The van der Waals surface area contributed by atoms with E-state index in [1.807, 2.05) is 36.4 Å². The molecule has 0 aromatic heterocycles. The quantitative estimate of drug-likeness (QED) is 0.760. The molecule has 0 saturated carbocycles. The summed E-state index contributed by atoms with van der Waals surface area (Å²) in [4.78, 5) is 12.4. The van der Waals surface area contributed by atoms with E-state index in [0.29, 0.717) is 17.1 Å². The second kappa shape index (κ2) is 5.01. The monoisotopic (exact) mass is 385 g/mol. The molecule has 0 saturated heterocycles. The zero-order valence-corrected chi connectivity index (χ0v) is 14.1. The minimum atomic E-state index is -0.276. The molecule has 6 heteroatoms. The van der Waals surface area contributed by atoms with E-state index in [9.17, 15) is 4.79 Å². The largest absolute Gasteiger partial charge is 0.456 e. The van der Waals surface area contributed by atoms with Crippen LogP contribution in [0, 0.1) is 0 Å². The molecule has 2 aromatic carbocycles. The maximum atomic E-state index is 12.4. The first-order valence-corrected chi connectivity index (χ1v) is 8.37. The number of carbonyl (C=O) groups is 1. The van der Waals surface area contributed by atoms with Crippen molar-refractivity contribution in [1.29, 1.82) is 0 Å². The molecule has 3 heterocycles. The van der Waals surface area contributed by atoms with E-state index < -0.39 is 0 Å². The van der Waals surface area contributed by atoms with E-state index in [2.05, 4.69) is 21.2 Å². The second-order valence-corrected chi connectivity index (χ2v) is 6.69. The van der Waals surface area contributed by atoms with Gasteiger partial charge in [0.25, 0.3) is 0 Å². The highest BCUT2D eigenvalue weighted by molar-refractivity contribution is 9.10. The highest BCUT2D eigenvalue weighted by Crippen LogP contribution is 2.49. The van der Waals surface area contributed by atoms with E-state index in [1.54, 1.807) is 0 Å². The predicted octanol–water partition coefficient (Wildman–Crippen LogP) is 3.55. The van der Waals surface area contributed by atoms with Crippen LogP contribution < -0.4 is 14.8 Å². The molecule has 1 atom stereocenters. The molecule has 1 N–H and O–H groups in total. The molecule has 0 aliphatic carbocycles. The Kier molecular flexibility index (Phi) is 2.91. The highest BCUT2D eigenvalue weighted by Gasteiger charge is 2.40. The fourth-order valence-electron chi connectivity index (χ4n) is 3.47. The molecule has 5 rings (SSSR count). The Morgan fingerprint density at radius 1 is 1.04 bits per heavy atom. The number of hydrogen-bond acceptors (Lipinski definition) is 5. The second-order valence-electron chi connectivity index (χ2n) is 5.84. The van der Waals surface area contributed by atoms with Crippen LogP contribution in [0.3, 0.4) is 0 Å². The lowest BCUT2D eigenvalue weighted by Crippen LogP contribution is -2.20. The van der Waals surface area contributed by atoms with Crippen LogP contribution in [0.1, 0.15) is 17.0 Å². The zero-order valence-electron chi connectivity index (χ0n) is 12.5. The van der Waals surface area contributed by atoms with Gasteiger partial charge in [-0.2, -0.15) is 0 Å². The number of cyclic esters (lactones) is 1. The standard InChI is InChI=1S/C18H12BrNO4/c19-11-4-2-1-3-9(11)16-10-5-14-15(24-8-23-14)6-12(10)20-13-7-22-18(21)17(13)16/h1-6,16,20H,7-8H2/t16-/m0/s1. The number of benzene rings is 2. The summed E-state index contributed by atoms with van der Waals surface area (Å²) in [6.45, 7) is 0.482. The van der Waals surface area contributed by atoms with Crippen molar-refractivity contribution in [2.75, 3.05) is 18.7 Å². The summed E-state index contributed by atoms with van der Waals surface area (Å²) in [5, 5.41) is 3.32. The van der Waals surface area contributed by atoms with Gasteiger partial charge in [0.15, 0.2) is 11.5 Å². The van der Waals surface area contributed by atoms with Crippen LogP contribution >= 0.6 is 15.9 Å². The van der Waals surface area contributed by atoms with Crippen molar-refractivity contribution in [1.82, 2.24) is 0 Å². The van der Waals surface area contributed by atoms with Crippen molar-refractivity contribution in [3.8, 4) is 11.5 Å². The Morgan fingerprint density at radius 3 is 2.67 bits per heavy atom. The van der Waals surface area contributed by atoms with Gasteiger partial charge in [-0.3, -0.25) is 0 Å².